The molecule has 0 aromatic heterocycles. The van der Waals surface area contributed by atoms with E-state index in [2.05, 4.69) is 0 Å². The monoisotopic (exact) mass is 449 g/mol. The molecule has 1 saturated heterocycles. The third kappa shape index (κ3) is 6.86. The highest BCUT2D eigenvalue weighted by Gasteiger charge is 2.33. The zero-order chi connectivity index (χ0) is 22.6. The Hall–Kier alpha value is -2.78. The van der Waals surface area contributed by atoms with Gasteiger partial charge in [-0.25, -0.2) is 13.2 Å². The summed E-state index contributed by atoms with van der Waals surface area (Å²) in [5.74, 6) is 0.588. The zero-order valence-electron chi connectivity index (χ0n) is 18.0. The van der Waals surface area contributed by atoms with Gasteiger partial charge in [-0.15, -0.1) is 0 Å². The summed E-state index contributed by atoms with van der Waals surface area (Å²) in [6, 6.07) is 14.1. The minimum atomic E-state index is -4.03. The fraction of sp³-hybridized carbons (Fsp3) is 0.409. The molecule has 9 heteroatoms. The molecule has 2 aromatic rings. The van der Waals surface area contributed by atoms with E-state index in [1.807, 2.05) is 30.3 Å². The lowest BCUT2D eigenvalue weighted by atomic mass is 10.2. The Morgan fingerprint density at radius 3 is 2.39 bits per heavy atom. The molecule has 0 unspecified atom stereocenters. The molecular formula is C22H27NO7S. The van der Waals surface area contributed by atoms with Crippen LogP contribution in [0.5, 0.6) is 11.5 Å². The molecule has 0 N–H and O–H groups in total. The molecule has 31 heavy (non-hydrogen) atoms. The van der Waals surface area contributed by atoms with Gasteiger partial charge in [0.15, 0.2) is 0 Å². The molecule has 2 aromatic carbocycles. The number of epoxide rings is 1. The summed E-state index contributed by atoms with van der Waals surface area (Å²) in [4.78, 5) is 12.8. The van der Waals surface area contributed by atoms with Gasteiger partial charge in [0.25, 0.3) is 0 Å². The van der Waals surface area contributed by atoms with Crippen LogP contribution in [0.15, 0.2) is 48.5 Å². The Bertz CT molecular complexity index is 1010. The maximum Gasteiger partial charge on any atom is 0.429 e. The number of carbonyl (C=O) groups is 1. The van der Waals surface area contributed by atoms with Gasteiger partial charge in [0.05, 0.1) is 12.9 Å². The first kappa shape index (κ1) is 22.9. The highest BCUT2D eigenvalue weighted by Crippen LogP contribution is 2.36. The van der Waals surface area contributed by atoms with Crippen LogP contribution in [-0.4, -0.2) is 45.7 Å². The SMILES string of the molecule is CC(C)(C)OC(=O)N(c1cc(OC[C@H]2CO2)ccc1OCc1ccccc1)S(C)(=O)=O. The number of amides is 1. The molecule has 1 aliphatic rings. The third-order valence-electron chi connectivity index (χ3n) is 4.12. The molecule has 168 valence electrons. The van der Waals surface area contributed by atoms with Crippen molar-refractivity contribution in [2.75, 3.05) is 23.8 Å². The average molecular weight is 450 g/mol. The quantitative estimate of drug-likeness (QED) is 0.567. The number of benzene rings is 2. The van der Waals surface area contributed by atoms with Gasteiger partial charge in [-0.1, -0.05) is 30.3 Å². The molecule has 1 amide bonds. The first-order valence-electron chi connectivity index (χ1n) is 9.81. The van der Waals surface area contributed by atoms with Crippen LogP contribution < -0.4 is 13.8 Å². The van der Waals surface area contributed by atoms with Crippen molar-refractivity contribution in [1.29, 1.82) is 0 Å². The molecule has 0 spiro atoms. The van der Waals surface area contributed by atoms with E-state index in [1.165, 1.54) is 6.07 Å². The summed E-state index contributed by atoms with van der Waals surface area (Å²) in [5.41, 5.74) is 0.0208. The van der Waals surface area contributed by atoms with Crippen molar-refractivity contribution < 1.29 is 32.2 Å². The van der Waals surface area contributed by atoms with Gasteiger partial charge in [0.2, 0.25) is 10.0 Å². The van der Waals surface area contributed by atoms with E-state index in [0.29, 0.717) is 23.3 Å². The highest BCUT2D eigenvalue weighted by atomic mass is 32.2. The van der Waals surface area contributed by atoms with Gasteiger partial charge < -0.3 is 18.9 Å². The molecule has 0 bridgehead atoms. The third-order valence-corrected chi connectivity index (χ3v) is 5.12. The Kier molecular flexibility index (Phi) is 6.76. The second-order valence-electron chi connectivity index (χ2n) is 8.18. The lowest BCUT2D eigenvalue weighted by Gasteiger charge is -2.27. The number of nitrogens with zero attached hydrogens (tertiary/aromatic N) is 1. The molecule has 0 radical (unpaired) electrons. The molecule has 1 heterocycles. The number of rotatable bonds is 8. The number of anilines is 1. The van der Waals surface area contributed by atoms with Crippen molar-refractivity contribution in [3.63, 3.8) is 0 Å². The summed E-state index contributed by atoms with van der Waals surface area (Å²) in [5, 5.41) is 0. The number of ether oxygens (including phenoxy) is 4. The minimum Gasteiger partial charge on any atom is -0.491 e. The highest BCUT2D eigenvalue weighted by molar-refractivity contribution is 7.92. The first-order valence-corrected chi connectivity index (χ1v) is 11.7. The fourth-order valence-electron chi connectivity index (χ4n) is 2.67. The summed E-state index contributed by atoms with van der Waals surface area (Å²) < 4.78 is 47.8. The van der Waals surface area contributed by atoms with Gasteiger partial charge in [-0.05, 0) is 38.5 Å². The minimum absolute atomic E-state index is 0.0156. The largest absolute Gasteiger partial charge is 0.491 e. The van der Waals surface area contributed by atoms with Crippen molar-refractivity contribution in [2.24, 2.45) is 0 Å². The molecule has 0 saturated carbocycles. The van der Waals surface area contributed by atoms with Crippen LogP contribution in [0.25, 0.3) is 0 Å². The zero-order valence-corrected chi connectivity index (χ0v) is 18.8. The van der Waals surface area contributed by atoms with E-state index in [1.54, 1.807) is 32.9 Å². The summed E-state index contributed by atoms with van der Waals surface area (Å²) >= 11 is 0. The van der Waals surface area contributed by atoms with Crippen LogP contribution in [0.3, 0.4) is 0 Å². The molecule has 0 aliphatic carbocycles. The summed E-state index contributed by atoms with van der Waals surface area (Å²) in [6.45, 7) is 6.12. The van der Waals surface area contributed by atoms with Crippen molar-refractivity contribution in [3.05, 3.63) is 54.1 Å². The van der Waals surface area contributed by atoms with E-state index in [4.69, 9.17) is 18.9 Å². The van der Waals surface area contributed by atoms with Gasteiger partial charge in [-0.3, -0.25) is 0 Å². The van der Waals surface area contributed by atoms with Crippen LogP contribution in [-0.2, 0) is 26.1 Å². The van der Waals surface area contributed by atoms with Crippen LogP contribution >= 0.6 is 0 Å². The summed E-state index contributed by atoms with van der Waals surface area (Å²) in [6.07, 6.45) is -0.0692. The molecule has 8 nitrogen and oxygen atoms in total. The topological polar surface area (TPSA) is 94.7 Å². The summed E-state index contributed by atoms with van der Waals surface area (Å²) in [7, 11) is -4.03. The maximum atomic E-state index is 12.8. The van der Waals surface area contributed by atoms with Gasteiger partial charge in [0.1, 0.15) is 42.1 Å². The first-order chi connectivity index (χ1) is 14.5. The van der Waals surface area contributed by atoms with E-state index in [-0.39, 0.29) is 24.1 Å². The Morgan fingerprint density at radius 2 is 1.81 bits per heavy atom. The number of hydrogen-bond acceptors (Lipinski definition) is 7. The Morgan fingerprint density at radius 1 is 1.13 bits per heavy atom. The smallest absolute Gasteiger partial charge is 0.429 e. The average Bonchev–Trinajstić information content (AvgIpc) is 3.48. The van der Waals surface area contributed by atoms with E-state index < -0.39 is 21.7 Å². The lowest BCUT2D eigenvalue weighted by molar-refractivity contribution is 0.0608. The number of hydrogen-bond donors (Lipinski definition) is 0. The molecule has 3 rings (SSSR count). The van der Waals surface area contributed by atoms with Crippen LogP contribution in [0.2, 0.25) is 0 Å². The standard InChI is InChI=1S/C22H27NO7S/c1-22(2,3)30-21(24)23(31(4,25)26)19-12-17(27-14-18-15-28-18)10-11-20(19)29-13-16-8-6-5-7-9-16/h5-12,18H,13-15H2,1-4H3/t18-/m0/s1. The second kappa shape index (κ2) is 9.15. The lowest BCUT2D eigenvalue weighted by Crippen LogP contribution is -2.40. The van der Waals surface area contributed by atoms with E-state index >= 15 is 0 Å². The van der Waals surface area contributed by atoms with Gasteiger partial charge in [-0.2, -0.15) is 4.31 Å². The van der Waals surface area contributed by atoms with Crippen LogP contribution in [0.4, 0.5) is 10.5 Å². The van der Waals surface area contributed by atoms with Gasteiger partial charge in [0, 0.05) is 6.07 Å². The Balaban J connectivity index is 1.95. The molecule has 1 aliphatic heterocycles. The van der Waals surface area contributed by atoms with Crippen LogP contribution in [0, 0.1) is 0 Å². The van der Waals surface area contributed by atoms with Crippen molar-refractivity contribution >= 4 is 21.8 Å². The number of carbonyl (C=O) groups excluding carboxylic acids is 1. The van der Waals surface area contributed by atoms with Gasteiger partial charge >= 0.3 is 6.09 Å². The Labute approximate surface area is 182 Å². The van der Waals surface area contributed by atoms with E-state index in [0.717, 1.165) is 11.8 Å². The van der Waals surface area contributed by atoms with Crippen molar-refractivity contribution in [1.82, 2.24) is 0 Å². The van der Waals surface area contributed by atoms with E-state index in [9.17, 15) is 13.2 Å². The second-order valence-corrected chi connectivity index (χ2v) is 10.0. The fourth-order valence-corrected chi connectivity index (χ4v) is 3.48. The van der Waals surface area contributed by atoms with Crippen LogP contribution in [0.1, 0.15) is 26.3 Å². The maximum absolute atomic E-state index is 12.8. The molecule has 1 atom stereocenters. The number of sulfonamides is 1. The predicted octanol–water partition coefficient (Wildman–Crippen LogP) is 3.74. The van der Waals surface area contributed by atoms with Crippen molar-refractivity contribution in [2.45, 2.75) is 39.1 Å². The van der Waals surface area contributed by atoms with Crippen molar-refractivity contribution in [3.8, 4) is 11.5 Å². The predicted molar refractivity (Wildman–Crippen MR) is 116 cm³/mol. The molecular weight excluding hydrogens is 422 g/mol. The molecule has 1 fully saturated rings. The normalized spacial score (nSPS) is 15.8.